The summed E-state index contributed by atoms with van der Waals surface area (Å²) in [5, 5.41) is 21.2. The van der Waals surface area contributed by atoms with Crippen LogP contribution in [0.3, 0.4) is 0 Å². The zero-order valence-corrected chi connectivity index (χ0v) is 11.7. The van der Waals surface area contributed by atoms with Gasteiger partial charge in [0.05, 0.1) is 12.7 Å². The molecule has 0 spiro atoms. The number of aromatic amines is 1. The Balaban J connectivity index is 1.88. The molecule has 1 aliphatic heterocycles. The van der Waals surface area contributed by atoms with Crippen molar-refractivity contribution in [3.8, 4) is 0 Å². The van der Waals surface area contributed by atoms with Gasteiger partial charge in [-0.15, -0.1) is 0 Å². The van der Waals surface area contributed by atoms with Gasteiger partial charge in [-0.3, -0.25) is 0 Å². The molecule has 0 bridgehead atoms. The summed E-state index contributed by atoms with van der Waals surface area (Å²) in [4.78, 5) is 10.8. The lowest BCUT2D eigenvalue weighted by atomic mass is 9.90. The summed E-state index contributed by atoms with van der Waals surface area (Å²) in [6, 6.07) is 1.95. The molecule has 20 heavy (non-hydrogen) atoms. The summed E-state index contributed by atoms with van der Waals surface area (Å²) in [5.74, 6) is 1.60. The Morgan fingerprint density at radius 3 is 2.90 bits per heavy atom. The van der Waals surface area contributed by atoms with Crippen LogP contribution in [0.25, 0.3) is 0 Å². The van der Waals surface area contributed by atoms with Gasteiger partial charge in [-0.2, -0.15) is 15.4 Å². The highest BCUT2D eigenvalue weighted by Crippen LogP contribution is 2.31. The lowest BCUT2D eigenvalue weighted by Crippen LogP contribution is -2.46. The molecule has 7 nitrogen and oxygen atoms in total. The molecule has 3 heterocycles. The van der Waals surface area contributed by atoms with Gasteiger partial charge in [0.2, 0.25) is 0 Å². The maximum Gasteiger partial charge on any atom is 0.132 e. The number of piperidine rings is 1. The van der Waals surface area contributed by atoms with Crippen molar-refractivity contribution < 1.29 is 5.11 Å². The highest BCUT2D eigenvalue weighted by Gasteiger charge is 2.37. The number of anilines is 1. The molecule has 0 radical (unpaired) electrons. The van der Waals surface area contributed by atoms with Crippen molar-refractivity contribution in [3.05, 3.63) is 29.5 Å². The van der Waals surface area contributed by atoms with Crippen molar-refractivity contribution >= 4 is 5.82 Å². The molecule has 0 aromatic carbocycles. The predicted octanol–water partition coefficient (Wildman–Crippen LogP) is 0.700. The third kappa shape index (κ3) is 2.36. The van der Waals surface area contributed by atoms with E-state index in [0.717, 1.165) is 30.3 Å². The van der Waals surface area contributed by atoms with Crippen LogP contribution >= 0.6 is 0 Å². The highest BCUT2D eigenvalue weighted by molar-refractivity contribution is 5.41. The minimum atomic E-state index is -0.974. The Kier molecular flexibility index (Phi) is 3.13. The SMILES string of the molecule is Cc1cc(N2CCC[C@@](O)(c3cn[nH]n3)C2)nc(C)n1. The Bertz CT molecular complexity index is 579. The zero-order valence-electron chi connectivity index (χ0n) is 11.7. The van der Waals surface area contributed by atoms with Crippen LogP contribution < -0.4 is 4.90 Å². The minimum absolute atomic E-state index is 0.468. The van der Waals surface area contributed by atoms with E-state index in [9.17, 15) is 5.11 Å². The van der Waals surface area contributed by atoms with Gasteiger partial charge in [-0.25, -0.2) is 9.97 Å². The molecular formula is C13H18N6O. The third-order valence-corrected chi connectivity index (χ3v) is 3.64. The second kappa shape index (κ2) is 4.82. The molecule has 0 aliphatic carbocycles. The van der Waals surface area contributed by atoms with Crippen molar-refractivity contribution in [2.75, 3.05) is 18.0 Å². The van der Waals surface area contributed by atoms with Gasteiger partial charge >= 0.3 is 0 Å². The van der Waals surface area contributed by atoms with Gasteiger partial charge in [0, 0.05) is 18.3 Å². The summed E-state index contributed by atoms with van der Waals surface area (Å²) in [5.41, 5.74) is 0.547. The van der Waals surface area contributed by atoms with Gasteiger partial charge in [-0.05, 0) is 26.7 Å². The number of rotatable bonds is 2. The highest BCUT2D eigenvalue weighted by atomic mass is 16.3. The molecule has 0 amide bonds. The van der Waals surface area contributed by atoms with Crippen molar-refractivity contribution in [1.82, 2.24) is 25.4 Å². The van der Waals surface area contributed by atoms with Crippen molar-refractivity contribution in [2.45, 2.75) is 32.3 Å². The first-order chi connectivity index (χ1) is 9.57. The quantitative estimate of drug-likeness (QED) is 0.837. The summed E-state index contributed by atoms with van der Waals surface area (Å²) in [7, 11) is 0. The van der Waals surface area contributed by atoms with Crippen LogP contribution in [-0.2, 0) is 5.60 Å². The molecule has 1 atom stereocenters. The molecule has 3 rings (SSSR count). The molecule has 0 saturated carbocycles. The number of hydrogen-bond acceptors (Lipinski definition) is 6. The van der Waals surface area contributed by atoms with E-state index in [2.05, 4.69) is 30.3 Å². The molecule has 2 aromatic rings. The van der Waals surface area contributed by atoms with Gasteiger partial charge in [0.15, 0.2) is 0 Å². The van der Waals surface area contributed by atoms with Crippen LogP contribution in [-0.4, -0.2) is 43.6 Å². The van der Waals surface area contributed by atoms with Crippen LogP contribution in [0.5, 0.6) is 0 Å². The number of nitrogens with zero attached hydrogens (tertiary/aromatic N) is 5. The van der Waals surface area contributed by atoms with E-state index in [0.29, 0.717) is 18.7 Å². The third-order valence-electron chi connectivity index (χ3n) is 3.64. The van der Waals surface area contributed by atoms with E-state index in [1.807, 2.05) is 19.9 Å². The fourth-order valence-electron chi connectivity index (χ4n) is 2.73. The molecule has 1 saturated heterocycles. The summed E-state index contributed by atoms with van der Waals surface area (Å²) in [6.45, 7) is 5.17. The fourth-order valence-corrected chi connectivity index (χ4v) is 2.73. The van der Waals surface area contributed by atoms with Crippen LogP contribution in [0.2, 0.25) is 0 Å². The number of aliphatic hydroxyl groups is 1. The van der Waals surface area contributed by atoms with E-state index in [-0.39, 0.29) is 0 Å². The average molecular weight is 274 g/mol. The van der Waals surface area contributed by atoms with E-state index < -0.39 is 5.60 Å². The first-order valence-electron chi connectivity index (χ1n) is 6.73. The van der Waals surface area contributed by atoms with Gasteiger partial charge in [0.25, 0.3) is 0 Å². The normalized spacial score (nSPS) is 23.1. The number of β-amino-alcohol motifs (C(OH)–C–C–N with tert-alkyl or cyclic N) is 1. The van der Waals surface area contributed by atoms with Crippen LogP contribution in [0.4, 0.5) is 5.82 Å². The van der Waals surface area contributed by atoms with Crippen molar-refractivity contribution in [2.24, 2.45) is 0 Å². The molecule has 0 unspecified atom stereocenters. The Hall–Kier alpha value is -2.02. The number of H-pyrrole nitrogens is 1. The number of nitrogens with one attached hydrogen (secondary N) is 1. The maximum absolute atomic E-state index is 10.8. The number of hydrogen-bond donors (Lipinski definition) is 2. The van der Waals surface area contributed by atoms with Crippen molar-refractivity contribution in [1.29, 1.82) is 0 Å². The molecule has 106 valence electrons. The predicted molar refractivity (Wildman–Crippen MR) is 73.2 cm³/mol. The monoisotopic (exact) mass is 274 g/mol. The maximum atomic E-state index is 10.8. The van der Waals surface area contributed by atoms with Gasteiger partial charge < -0.3 is 10.0 Å². The Labute approximate surface area is 117 Å². The van der Waals surface area contributed by atoms with Crippen LogP contribution in [0.15, 0.2) is 12.3 Å². The summed E-state index contributed by atoms with van der Waals surface area (Å²) >= 11 is 0. The first kappa shape index (κ1) is 13.0. The summed E-state index contributed by atoms with van der Waals surface area (Å²) in [6.07, 6.45) is 3.14. The molecule has 2 aromatic heterocycles. The average Bonchev–Trinajstić information content (AvgIpc) is 2.92. The van der Waals surface area contributed by atoms with E-state index in [1.165, 1.54) is 0 Å². The number of aromatic nitrogens is 5. The smallest absolute Gasteiger partial charge is 0.132 e. The first-order valence-corrected chi connectivity index (χ1v) is 6.73. The molecule has 1 aliphatic rings. The fraction of sp³-hybridized carbons (Fsp3) is 0.538. The topological polar surface area (TPSA) is 90.8 Å². The van der Waals surface area contributed by atoms with Gasteiger partial charge in [0.1, 0.15) is 22.9 Å². The zero-order chi connectivity index (χ0) is 14.2. The van der Waals surface area contributed by atoms with Crippen molar-refractivity contribution in [3.63, 3.8) is 0 Å². The van der Waals surface area contributed by atoms with Crippen LogP contribution in [0, 0.1) is 13.8 Å². The van der Waals surface area contributed by atoms with E-state index in [1.54, 1.807) is 6.20 Å². The molecule has 1 fully saturated rings. The van der Waals surface area contributed by atoms with Crippen LogP contribution in [0.1, 0.15) is 30.1 Å². The lowest BCUT2D eigenvalue weighted by Gasteiger charge is -2.38. The van der Waals surface area contributed by atoms with E-state index >= 15 is 0 Å². The molecule has 7 heteroatoms. The summed E-state index contributed by atoms with van der Waals surface area (Å²) < 4.78 is 0. The molecular weight excluding hydrogens is 256 g/mol. The number of aryl methyl sites for hydroxylation is 2. The largest absolute Gasteiger partial charge is 0.382 e. The molecule has 2 N–H and O–H groups in total. The second-order valence-electron chi connectivity index (χ2n) is 5.33. The van der Waals surface area contributed by atoms with E-state index in [4.69, 9.17) is 0 Å². The second-order valence-corrected chi connectivity index (χ2v) is 5.33. The lowest BCUT2D eigenvalue weighted by molar-refractivity contribution is 0.0174. The Morgan fingerprint density at radius 2 is 2.20 bits per heavy atom. The minimum Gasteiger partial charge on any atom is -0.382 e. The standard InChI is InChI=1S/C13H18N6O/c1-9-6-12(16-10(2)15-9)19-5-3-4-13(20,8-19)11-7-14-18-17-11/h6-7,20H,3-5,8H2,1-2H3,(H,14,17,18)/t13-/m0/s1. The van der Waals surface area contributed by atoms with Gasteiger partial charge in [-0.1, -0.05) is 0 Å². The Morgan fingerprint density at radius 1 is 1.35 bits per heavy atom.